The van der Waals surface area contributed by atoms with Gasteiger partial charge in [0.2, 0.25) is 5.62 Å². The summed E-state index contributed by atoms with van der Waals surface area (Å²) in [4.78, 5) is 0. The molecule has 144 valence electrons. The highest BCUT2D eigenvalue weighted by Gasteiger charge is 2.12. The van der Waals surface area contributed by atoms with Crippen LogP contribution in [-0.4, -0.2) is 9.13 Å². The zero-order chi connectivity index (χ0) is 20.4. The van der Waals surface area contributed by atoms with E-state index in [1.54, 1.807) is 0 Å². The molecule has 1 aromatic heterocycles. The summed E-state index contributed by atoms with van der Waals surface area (Å²) in [6.07, 6.45) is 0.882. The SMILES string of the molecule is Cc1ccc(CCn2c(=N)n(Cc3ccc(C#N)c(Br)c3)c3ccccc32)cc1. The third-order valence-electron chi connectivity index (χ3n) is 5.21. The van der Waals surface area contributed by atoms with E-state index in [0.717, 1.165) is 34.0 Å². The molecule has 0 fully saturated rings. The van der Waals surface area contributed by atoms with Gasteiger partial charge in [-0.2, -0.15) is 5.26 Å². The van der Waals surface area contributed by atoms with Crippen LogP contribution < -0.4 is 5.62 Å². The Morgan fingerprint density at radius 2 is 1.59 bits per heavy atom. The highest BCUT2D eigenvalue weighted by atomic mass is 79.9. The summed E-state index contributed by atoms with van der Waals surface area (Å²) in [5, 5.41) is 18.0. The number of nitrogens with zero attached hydrogens (tertiary/aromatic N) is 3. The standard InChI is InChI=1S/C24H21BrN4/c1-17-6-8-18(9-7-17)12-13-28-22-4-2-3-5-23(22)29(24(28)27)16-19-10-11-20(15-26)21(25)14-19/h2-11,14,27H,12-13,16H2,1H3. The average molecular weight is 445 g/mol. The number of para-hydroxylation sites is 2. The van der Waals surface area contributed by atoms with Crippen LogP contribution in [0.15, 0.2) is 71.2 Å². The zero-order valence-electron chi connectivity index (χ0n) is 16.2. The van der Waals surface area contributed by atoms with Gasteiger partial charge in [-0.15, -0.1) is 0 Å². The predicted octanol–water partition coefficient (Wildman–Crippen LogP) is 5.16. The molecular weight excluding hydrogens is 424 g/mol. The summed E-state index contributed by atoms with van der Waals surface area (Å²) in [7, 11) is 0. The number of nitrogens with one attached hydrogen (secondary N) is 1. The topological polar surface area (TPSA) is 57.5 Å². The molecule has 0 unspecified atom stereocenters. The summed E-state index contributed by atoms with van der Waals surface area (Å²) in [6, 6.07) is 24.7. The van der Waals surface area contributed by atoms with Crippen LogP contribution in [0.25, 0.3) is 11.0 Å². The number of nitriles is 1. The maximum absolute atomic E-state index is 9.14. The van der Waals surface area contributed by atoms with Crippen LogP contribution >= 0.6 is 15.9 Å². The van der Waals surface area contributed by atoms with Crippen molar-refractivity contribution in [2.75, 3.05) is 0 Å². The molecule has 29 heavy (non-hydrogen) atoms. The number of benzene rings is 3. The molecule has 0 radical (unpaired) electrons. The molecular formula is C24H21BrN4. The quantitative estimate of drug-likeness (QED) is 0.454. The highest BCUT2D eigenvalue weighted by molar-refractivity contribution is 9.10. The Kier molecular flexibility index (Phi) is 5.37. The van der Waals surface area contributed by atoms with Gasteiger partial charge >= 0.3 is 0 Å². The van der Waals surface area contributed by atoms with Crippen molar-refractivity contribution < 1.29 is 0 Å². The lowest BCUT2D eigenvalue weighted by molar-refractivity contribution is 0.621. The predicted molar refractivity (Wildman–Crippen MR) is 119 cm³/mol. The molecule has 0 aliphatic carbocycles. The van der Waals surface area contributed by atoms with Crippen LogP contribution in [0.1, 0.15) is 22.3 Å². The second kappa shape index (κ2) is 8.10. The molecule has 0 aliphatic heterocycles. The van der Waals surface area contributed by atoms with Gasteiger partial charge in [0, 0.05) is 11.0 Å². The summed E-state index contributed by atoms with van der Waals surface area (Å²) < 4.78 is 4.89. The lowest BCUT2D eigenvalue weighted by Crippen LogP contribution is -2.25. The second-order valence-electron chi connectivity index (χ2n) is 7.21. The van der Waals surface area contributed by atoms with Gasteiger partial charge in [-0.25, -0.2) is 0 Å². The van der Waals surface area contributed by atoms with Crippen molar-refractivity contribution in [2.24, 2.45) is 0 Å². The van der Waals surface area contributed by atoms with Gasteiger partial charge in [-0.05, 0) is 64.7 Å². The molecule has 0 bridgehead atoms. The van der Waals surface area contributed by atoms with Crippen molar-refractivity contribution in [3.8, 4) is 6.07 Å². The number of rotatable bonds is 5. The molecule has 5 heteroatoms. The first kappa shape index (κ1) is 19.2. The molecule has 1 heterocycles. The van der Waals surface area contributed by atoms with Crippen molar-refractivity contribution in [3.63, 3.8) is 0 Å². The minimum Gasteiger partial charge on any atom is -0.310 e. The summed E-state index contributed by atoms with van der Waals surface area (Å²) in [5.74, 6) is 0. The van der Waals surface area contributed by atoms with Crippen molar-refractivity contribution in [3.05, 3.63) is 99.1 Å². The van der Waals surface area contributed by atoms with Gasteiger partial charge in [-0.3, -0.25) is 5.41 Å². The molecule has 0 amide bonds. The minimum absolute atomic E-state index is 0.485. The second-order valence-corrected chi connectivity index (χ2v) is 8.07. The average Bonchev–Trinajstić information content (AvgIpc) is 2.99. The first-order chi connectivity index (χ1) is 14.1. The Balaban J connectivity index is 1.69. The number of hydrogen-bond donors (Lipinski definition) is 1. The van der Waals surface area contributed by atoms with Crippen molar-refractivity contribution in [1.29, 1.82) is 10.7 Å². The largest absolute Gasteiger partial charge is 0.310 e. The highest BCUT2D eigenvalue weighted by Crippen LogP contribution is 2.20. The van der Waals surface area contributed by atoms with Crippen LogP contribution in [0.3, 0.4) is 0 Å². The van der Waals surface area contributed by atoms with E-state index in [9.17, 15) is 0 Å². The first-order valence-electron chi connectivity index (χ1n) is 9.53. The Bertz CT molecular complexity index is 1270. The number of hydrogen-bond acceptors (Lipinski definition) is 2. The number of halogens is 1. The van der Waals surface area contributed by atoms with Gasteiger partial charge in [0.15, 0.2) is 0 Å². The maximum atomic E-state index is 9.14. The van der Waals surface area contributed by atoms with Gasteiger partial charge in [0.25, 0.3) is 0 Å². The molecule has 0 atom stereocenters. The molecule has 4 rings (SSSR count). The van der Waals surface area contributed by atoms with E-state index in [2.05, 4.69) is 69.9 Å². The lowest BCUT2D eigenvalue weighted by atomic mass is 10.1. The first-order valence-corrected chi connectivity index (χ1v) is 10.3. The van der Waals surface area contributed by atoms with Crippen molar-refractivity contribution in [1.82, 2.24) is 9.13 Å². The fourth-order valence-corrected chi connectivity index (χ4v) is 4.12. The fraction of sp³-hybridized carbons (Fsp3) is 0.167. The third-order valence-corrected chi connectivity index (χ3v) is 5.87. The Morgan fingerprint density at radius 1 is 0.931 bits per heavy atom. The van der Waals surface area contributed by atoms with Gasteiger partial charge < -0.3 is 9.13 Å². The van der Waals surface area contributed by atoms with Gasteiger partial charge in [0.05, 0.1) is 23.1 Å². The van der Waals surface area contributed by atoms with Crippen molar-refractivity contribution >= 4 is 27.0 Å². The Hall–Kier alpha value is -3.10. The number of aryl methyl sites for hydroxylation is 3. The van der Waals surface area contributed by atoms with Crippen LogP contribution in [-0.2, 0) is 19.5 Å². The monoisotopic (exact) mass is 444 g/mol. The minimum atomic E-state index is 0.485. The van der Waals surface area contributed by atoms with E-state index in [1.807, 2.05) is 34.9 Å². The fourth-order valence-electron chi connectivity index (χ4n) is 3.61. The van der Waals surface area contributed by atoms with E-state index < -0.39 is 0 Å². The zero-order valence-corrected chi connectivity index (χ0v) is 17.8. The van der Waals surface area contributed by atoms with Crippen LogP contribution in [0.4, 0.5) is 0 Å². The van der Waals surface area contributed by atoms with Gasteiger partial charge in [-0.1, -0.05) is 48.0 Å². The van der Waals surface area contributed by atoms with E-state index in [0.29, 0.717) is 17.7 Å². The molecule has 0 saturated carbocycles. The van der Waals surface area contributed by atoms with Gasteiger partial charge in [0.1, 0.15) is 6.07 Å². The van der Waals surface area contributed by atoms with E-state index in [-0.39, 0.29) is 0 Å². The summed E-state index contributed by atoms with van der Waals surface area (Å²) in [6.45, 7) is 3.43. The molecule has 4 aromatic rings. The van der Waals surface area contributed by atoms with E-state index in [4.69, 9.17) is 10.7 Å². The molecule has 0 spiro atoms. The normalized spacial score (nSPS) is 10.9. The number of aromatic nitrogens is 2. The van der Waals surface area contributed by atoms with Crippen molar-refractivity contribution in [2.45, 2.75) is 26.4 Å². The molecule has 4 nitrogen and oxygen atoms in total. The summed E-state index contributed by atoms with van der Waals surface area (Å²) in [5.41, 5.74) is 6.79. The lowest BCUT2D eigenvalue weighted by Gasteiger charge is -2.07. The number of fused-ring (bicyclic) bond motifs is 1. The summed E-state index contributed by atoms with van der Waals surface area (Å²) >= 11 is 3.47. The van der Waals surface area contributed by atoms with Crippen LogP contribution in [0.2, 0.25) is 0 Å². The van der Waals surface area contributed by atoms with Crippen LogP contribution in [0.5, 0.6) is 0 Å². The Morgan fingerprint density at radius 3 is 2.24 bits per heavy atom. The maximum Gasteiger partial charge on any atom is 0.203 e. The smallest absolute Gasteiger partial charge is 0.203 e. The molecule has 0 aliphatic rings. The molecule has 0 saturated heterocycles. The third kappa shape index (κ3) is 3.90. The Labute approximate surface area is 178 Å². The van der Waals surface area contributed by atoms with E-state index in [1.165, 1.54) is 11.1 Å². The molecule has 3 aromatic carbocycles. The van der Waals surface area contributed by atoms with E-state index >= 15 is 0 Å². The van der Waals surface area contributed by atoms with Crippen LogP contribution in [0, 0.1) is 23.7 Å². The molecule has 1 N–H and O–H groups in total. The number of imidazole rings is 1.